The average molecular weight is 171 g/mol. The van der Waals surface area contributed by atoms with Crippen molar-refractivity contribution in [3.05, 3.63) is 0 Å². The van der Waals surface area contributed by atoms with Crippen LogP contribution >= 0.6 is 18.5 Å². The second-order valence-electron chi connectivity index (χ2n) is 1.43. The van der Waals surface area contributed by atoms with E-state index in [0.29, 0.717) is 0 Å². The van der Waals surface area contributed by atoms with Gasteiger partial charge in [0.05, 0.1) is 0 Å². The van der Waals surface area contributed by atoms with Crippen molar-refractivity contribution in [2.24, 2.45) is 0 Å². The van der Waals surface area contributed by atoms with Crippen LogP contribution in [0.2, 0.25) is 0 Å². The molecule has 52 valence electrons. The minimum Gasteiger partial charge on any atom is -0.480 e. The van der Waals surface area contributed by atoms with Crippen molar-refractivity contribution >= 4 is 24.5 Å². The topological polar surface area (TPSA) is 66.4 Å². The fraction of sp³-hybridized carbons (Fsp3) is 0.667. The van der Waals surface area contributed by atoms with Crippen LogP contribution in [0.4, 0.5) is 0 Å². The quantitative estimate of drug-likeness (QED) is 0.619. The Bertz CT molecular complexity index is 139. The first-order valence-electron chi connectivity index (χ1n) is 2.16. The summed E-state index contributed by atoms with van der Waals surface area (Å²) in [6.45, 7) is 1.36. The summed E-state index contributed by atoms with van der Waals surface area (Å²) in [5, 5.41) is 10.3. The third kappa shape index (κ3) is 4.33. The first-order valence-corrected chi connectivity index (χ1v) is 4.32. The Morgan fingerprint density at radius 1 is 1.89 bits per heavy atom. The molecule has 0 saturated heterocycles. The lowest BCUT2D eigenvalue weighted by Gasteiger charge is -1.94. The zero-order chi connectivity index (χ0) is 7.44. The van der Waals surface area contributed by atoms with Gasteiger partial charge in [0.15, 0.2) is 0 Å². The number of halogens is 1. The molecule has 0 aliphatic heterocycles. The number of carboxylic acid groups (broad SMARTS) is 1. The minimum absolute atomic E-state index is 0.855. The second-order valence-corrected chi connectivity index (χ2v) is 3.10. The van der Waals surface area contributed by atoms with Crippen LogP contribution in [0.15, 0.2) is 0 Å². The van der Waals surface area contributed by atoms with Crippen LogP contribution in [-0.4, -0.2) is 17.1 Å². The number of hydrogen-bond donors (Lipinski definition) is 2. The van der Waals surface area contributed by atoms with Crippen molar-refractivity contribution < 1.29 is 14.5 Å². The molecule has 0 saturated carbocycles. The lowest BCUT2D eigenvalue weighted by Crippen LogP contribution is -2.27. The van der Waals surface area contributed by atoms with Gasteiger partial charge in [0.2, 0.25) is 11.2 Å². The van der Waals surface area contributed by atoms with Crippen molar-refractivity contribution in [2.45, 2.75) is 13.0 Å². The zero-order valence-corrected chi connectivity index (χ0v) is 6.32. The van der Waals surface area contributed by atoms with Gasteiger partial charge in [-0.3, -0.25) is 4.79 Å². The van der Waals surface area contributed by atoms with Crippen molar-refractivity contribution in [2.75, 3.05) is 0 Å². The van der Waals surface area contributed by atoms with Gasteiger partial charge in [-0.1, -0.05) is 5.09 Å². The third-order valence-corrected chi connectivity index (χ3v) is 1.55. The van der Waals surface area contributed by atoms with E-state index < -0.39 is 19.3 Å². The van der Waals surface area contributed by atoms with E-state index in [0.717, 1.165) is 0 Å². The molecular weight excluding hydrogens is 164 g/mol. The number of rotatable bonds is 3. The highest BCUT2D eigenvalue weighted by Crippen LogP contribution is 2.20. The molecule has 0 aliphatic rings. The van der Waals surface area contributed by atoms with Gasteiger partial charge < -0.3 is 5.11 Å². The van der Waals surface area contributed by atoms with E-state index in [1.54, 1.807) is 0 Å². The molecule has 2 N–H and O–H groups in total. The number of carboxylic acids is 1. The standard InChI is InChI=1S/C3H5ClNO3P/c1-2(3(6)7)5-9(4)8/h2H,1H3,(H-,5,6,7,8)/p+1. The Morgan fingerprint density at radius 2 is 2.33 bits per heavy atom. The van der Waals surface area contributed by atoms with Gasteiger partial charge in [-0.25, -0.2) is 0 Å². The maximum Gasteiger partial charge on any atom is 0.554 e. The first-order chi connectivity index (χ1) is 4.04. The van der Waals surface area contributed by atoms with Gasteiger partial charge >= 0.3 is 13.3 Å². The Labute approximate surface area is 57.8 Å². The molecule has 6 heteroatoms. The van der Waals surface area contributed by atoms with Crippen LogP contribution in [-0.2, 0) is 9.36 Å². The first kappa shape index (κ1) is 8.82. The fourth-order valence-corrected chi connectivity index (χ4v) is 1.06. The molecule has 0 bridgehead atoms. The van der Waals surface area contributed by atoms with Gasteiger partial charge in [0.1, 0.15) is 6.04 Å². The molecule has 0 aromatic carbocycles. The highest BCUT2D eigenvalue weighted by atomic mass is 35.7. The average Bonchev–Trinajstić information content (AvgIpc) is 1.63. The van der Waals surface area contributed by atoms with Crippen LogP contribution in [0.5, 0.6) is 0 Å². The van der Waals surface area contributed by atoms with Gasteiger partial charge in [0.25, 0.3) is 0 Å². The highest BCUT2D eigenvalue weighted by Gasteiger charge is 2.21. The number of carbonyl (C=O) groups is 1. The van der Waals surface area contributed by atoms with Gasteiger partial charge in [-0.2, -0.15) is 0 Å². The summed E-state index contributed by atoms with van der Waals surface area (Å²) in [4.78, 5) is 9.99. The molecule has 0 amide bonds. The van der Waals surface area contributed by atoms with Crippen molar-refractivity contribution in [1.29, 1.82) is 0 Å². The Morgan fingerprint density at radius 3 is 2.44 bits per heavy atom. The molecule has 0 aromatic heterocycles. The van der Waals surface area contributed by atoms with Crippen molar-refractivity contribution in [3.63, 3.8) is 0 Å². The monoisotopic (exact) mass is 170 g/mol. The lowest BCUT2D eigenvalue weighted by atomic mass is 10.4. The number of nitrogens with one attached hydrogen (secondary N) is 1. The van der Waals surface area contributed by atoms with E-state index in [2.05, 4.69) is 5.09 Å². The van der Waals surface area contributed by atoms with Gasteiger partial charge in [0, 0.05) is 0 Å². The molecule has 2 unspecified atom stereocenters. The van der Waals surface area contributed by atoms with E-state index in [-0.39, 0.29) is 0 Å². The van der Waals surface area contributed by atoms with E-state index in [4.69, 9.17) is 16.3 Å². The Balaban J connectivity index is 3.63. The van der Waals surface area contributed by atoms with Gasteiger partial charge in [-0.15, -0.1) is 0 Å². The Kier molecular flexibility index (Phi) is 3.70. The summed E-state index contributed by atoms with van der Waals surface area (Å²) in [7, 11) is -2.08. The van der Waals surface area contributed by atoms with Crippen LogP contribution in [0.25, 0.3) is 0 Å². The molecule has 4 nitrogen and oxygen atoms in total. The maximum atomic E-state index is 10.1. The summed E-state index contributed by atoms with van der Waals surface area (Å²) in [5.41, 5.74) is 0. The van der Waals surface area contributed by atoms with E-state index in [9.17, 15) is 9.36 Å². The zero-order valence-electron chi connectivity index (χ0n) is 4.67. The number of aliphatic carboxylic acids is 1. The fourth-order valence-electron chi connectivity index (χ4n) is 0.207. The van der Waals surface area contributed by atoms with Crippen LogP contribution in [0, 0.1) is 0 Å². The molecule has 2 atom stereocenters. The highest BCUT2D eigenvalue weighted by molar-refractivity contribution is 7.72. The van der Waals surface area contributed by atoms with E-state index in [1.165, 1.54) is 6.92 Å². The van der Waals surface area contributed by atoms with Crippen molar-refractivity contribution in [3.8, 4) is 0 Å². The van der Waals surface area contributed by atoms with Crippen molar-refractivity contribution in [1.82, 2.24) is 5.09 Å². The van der Waals surface area contributed by atoms with E-state index in [1.807, 2.05) is 0 Å². The summed E-state index contributed by atoms with van der Waals surface area (Å²) in [6, 6.07) is -0.855. The summed E-state index contributed by atoms with van der Waals surface area (Å²) >= 11 is 4.95. The van der Waals surface area contributed by atoms with Crippen LogP contribution in [0.1, 0.15) is 6.92 Å². The summed E-state index contributed by atoms with van der Waals surface area (Å²) in [5.74, 6) is -1.07. The van der Waals surface area contributed by atoms with Crippen LogP contribution in [0.3, 0.4) is 0 Å². The largest absolute Gasteiger partial charge is 0.554 e. The normalized spacial score (nSPS) is 14.7. The van der Waals surface area contributed by atoms with E-state index >= 15 is 0 Å². The summed E-state index contributed by atoms with van der Waals surface area (Å²) in [6.07, 6.45) is 0. The molecule has 0 aliphatic carbocycles. The SMILES string of the molecule is CC(N[P+](=O)Cl)C(=O)O. The molecule has 0 heterocycles. The summed E-state index contributed by atoms with van der Waals surface area (Å²) < 4.78 is 10.1. The predicted octanol–water partition coefficient (Wildman–Crippen LogP) is 0.945. The molecule has 0 fully saturated rings. The molecule has 9 heavy (non-hydrogen) atoms. The predicted molar refractivity (Wildman–Crippen MR) is 33.7 cm³/mol. The Hall–Kier alpha value is -0.180. The molecule has 0 spiro atoms. The minimum atomic E-state index is -2.08. The smallest absolute Gasteiger partial charge is 0.480 e. The molecule has 0 aromatic rings. The third-order valence-electron chi connectivity index (χ3n) is 0.666. The van der Waals surface area contributed by atoms with Gasteiger partial charge in [-0.05, 0) is 11.5 Å². The molecule has 0 rings (SSSR count). The molecular formula is C3H6ClNO3P+. The lowest BCUT2D eigenvalue weighted by molar-refractivity contribution is -0.138. The maximum absolute atomic E-state index is 10.1. The molecule has 0 radical (unpaired) electrons. The van der Waals surface area contributed by atoms with Crippen LogP contribution < -0.4 is 5.09 Å². The second kappa shape index (κ2) is 3.77. The number of hydrogen-bond acceptors (Lipinski definition) is 2.